The predicted octanol–water partition coefficient (Wildman–Crippen LogP) is 2.46. The molecule has 0 fully saturated rings. The van der Waals surface area contributed by atoms with Gasteiger partial charge in [-0.15, -0.1) is 0 Å². The van der Waals surface area contributed by atoms with Crippen LogP contribution in [0.1, 0.15) is 22.9 Å². The van der Waals surface area contributed by atoms with Crippen LogP contribution in [-0.2, 0) is 7.05 Å². The Balaban J connectivity index is 2.38. The standard InChI is InChI=1S/C12H13ClN2O/c1-8-7-9(3-4-10(8)13)12(16)11-5-6-14-15(11)2/h3-7,12,16H,1-2H3. The summed E-state index contributed by atoms with van der Waals surface area (Å²) in [7, 11) is 1.81. The maximum absolute atomic E-state index is 10.2. The van der Waals surface area contributed by atoms with Gasteiger partial charge in [-0.05, 0) is 30.2 Å². The number of aliphatic hydroxyl groups excluding tert-OH is 1. The van der Waals surface area contributed by atoms with Crippen molar-refractivity contribution in [3.63, 3.8) is 0 Å². The molecule has 1 N–H and O–H groups in total. The SMILES string of the molecule is Cc1cc(C(O)c2ccnn2C)ccc1Cl. The molecule has 4 heteroatoms. The van der Waals surface area contributed by atoms with Gasteiger partial charge in [0, 0.05) is 18.3 Å². The van der Waals surface area contributed by atoms with E-state index in [9.17, 15) is 5.11 Å². The van der Waals surface area contributed by atoms with Crippen LogP contribution in [-0.4, -0.2) is 14.9 Å². The molecule has 0 spiro atoms. The molecular formula is C12H13ClN2O. The normalized spacial score (nSPS) is 12.8. The lowest BCUT2D eigenvalue weighted by atomic mass is 10.0. The number of rotatable bonds is 2. The van der Waals surface area contributed by atoms with Crippen LogP contribution in [0.4, 0.5) is 0 Å². The molecular weight excluding hydrogens is 224 g/mol. The van der Waals surface area contributed by atoms with Gasteiger partial charge in [0.1, 0.15) is 6.10 Å². The van der Waals surface area contributed by atoms with Crippen LogP contribution >= 0.6 is 11.6 Å². The van der Waals surface area contributed by atoms with Gasteiger partial charge in [-0.3, -0.25) is 4.68 Å². The maximum Gasteiger partial charge on any atom is 0.121 e. The van der Waals surface area contributed by atoms with Gasteiger partial charge in [0.2, 0.25) is 0 Å². The minimum absolute atomic E-state index is 0.663. The van der Waals surface area contributed by atoms with Crippen molar-refractivity contribution in [3.8, 4) is 0 Å². The van der Waals surface area contributed by atoms with E-state index in [1.165, 1.54) is 0 Å². The van der Waals surface area contributed by atoms with E-state index in [2.05, 4.69) is 5.10 Å². The highest BCUT2D eigenvalue weighted by Crippen LogP contribution is 2.25. The van der Waals surface area contributed by atoms with Crippen LogP contribution in [0.25, 0.3) is 0 Å². The third-order valence-electron chi connectivity index (χ3n) is 2.64. The van der Waals surface area contributed by atoms with Gasteiger partial charge in [-0.25, -0.2) is 0 Å². The van der Waals surface area contributed by atoms with Crippen molar-refractivity contribution in [1.29, 1.82) is 0 Å². The minimum atomic E-state index is -0.663. The Morgan fingerprint density at radius 2 is 2.12 bits per heavy atom. The van der Waals surface area contributed by atoms with E-state index in [4.69, 9.17) is 11.6 Å². The van der Waals surface area contributed by atoms with Gasteiger partial charge in [0.15, 0.2) is 0 Å². The first kappa shape index (κ1) is 11.2. The highest BCUT2D eigenvalue weighted by molar-refractivity contribution is 6.31. The van der Waals surface area contributed by atoms with Crippen LogP contribution < -0.4 is 0 Å². The van der Waals surface area contributed by atoms with Crippen molar-refractivity contribution < 1.29 is 5.11 Å². The van der Waals surface area contributed by atoms with Crippen molar-refractivity contribution in [2.24, 2.45) is 7.05 Å². The molecule has 1 atom stereocenters. The lowest BCUT2D eigenvalue weighted by Crippen LogP contribution is -2.06. The summed E-state index contributed by atoms with van der Waals surface area (Å²) < 4.78 is 1.66. The topological polar surface area (TPSA) is 38.1 Å². The molecule has 1 aromatic heterocycles. The molecule has 2 aromatic rings. The van der Waals surface area contributed by atoms with E-state index in [0.29, 0.717) is 5.02 Å². The number of aryl methyl sites for hydroxylation is 2. The average Bonchev–Trinajstić information content (AvgIpc) is 2.67. The van der Waals surface area contributed by atoms with Crippen LogP contribution in [0.5, 0.6) is 0 Å². The quantitative estimate of drug-likeness (QED) is 0.870. The van der Waals surface area contributed by atoms with E-state index in [0.717, 1.165) is 16.8 Å². The molecule has 0 radical (unpaired) electrons. The van der Waals surface area contributed by atoms with Crippen molar-refractivity contribution >= 4 is 11.6 Å². The summed E-state index contributed by atoms with van der Waals surface area (Å²) >= 11 is 5.94. The smallest absolute Gasteiger partial charge is 0.121 e. The Morgan fingerprint density at radius 1 is 1.38 bits per heavy atom. The summed E-state index contributed by atoms with van der Waals surface area (Å²) in [5, 5.41) is 14.9. The number of halogens is 1. The Morgan fingerprint density at radius 3 is 2.69 bits per heavy atom. The highest BCUT2D eigenvalue weighted by atomic mass is 35.5. The third-order valence-corrected chi connectivity index (χ3v) is 3.06. The fourth-order valence-electron chi connectivity index (χ4n) is 1.66. The molecule has 2 rings (SSSR count). The van der Waals surface area contributed by atoms with E-state index in [1.807, 2.05) is 19.1 Å². The summed E-state index contributed by atoms with van der Waals surface area (Å²) in [6.07, 6.45) is 1.00. The zero-order valence-corrected chi connectivity index (χ0v) is 9.94. The molecule has 0 saturated heterocycles. The molecule has 1 aromatic carbocycles. The lowest BCUT2D eigenvalue weighted by Gasteiger charge is -2.12. The number of nitrogens with zero attached hydrogens (tertiary/aromatic N) is 2. The van der Waals surface area contributed by atoms with Gasteiger partial charge in [-0.2, -0.15) is 5.10 Å². The zero-order chi connectivity index (χ0) is 11.7. The Hall–Kier alpha value is -1.32. The van der Waals surface area contributed by atoms with Crippen LogP contribution in [0, 0.1) is 6.92 Å². The van der Waals surface area contributed by atoms with Gasteiger partial charge >= 0.3 is 0 Å². The van der Waals surface area contributed by atoms with Gasteiger partial charge < -0.3 is 5.11 Å². The van der Waals surface area contributed by atoms with Crippen LogP contribution in [0.3, 0.4) is 0 Å². The lowest BCUT2D eigenvalue weighted by molar-refractivity contribution is 0.209. The number of benzene rings is 1. The van der Waals surface area contributed by atoms with Gasteiger partial charge in [0.05, 0.1) is 5.69 Å². The van der Waals surface area contributed by atoms with E-state index < -0.39 is 6.10 Å². The summed E-state index contributed by atoms with van der Waals surface area (Å²) in [4.78, 5) is 0. The van der Waals surface area contributed by atoms with Gasteiger partial charge in [0.25, 0.3) is 0 Å². The molecule has 0 amide bonds. The van der Waals surface area contributed by atoms with Crippen LogP contribution in [0.2, 0.25) is 5.02 Å². The third kappa shape index (κ3) is 1.96. The first-order chi connectivity index (χ1) is 7.59. The summed E-state index contributed by atoms with van der Waals surface area (Å²) in [5.41, 5.74) is 2.55. The number of aliphatic hydroxyl groups is 1. The molecule has 1 heterocycles. The van der Waals surface area contributed by atoms with Crippen molar-refractivity contribution in [1.82, 2.24) is 9.78 Å². The van der Waals surface area contributed by atoms with Crippen LogP contribution in [0.15, 0.2) is 30.5 Å². The van der Waals surface area contributed by atoms with Gasteiger partial charge in [-0.1, -0.05) is 23.7 Å². The van der Waals surface area contributed by atoms with Crippen molar-refractivity contribution in [2.45, 2.75) is 13.0 Å². The number of hydrogen-bond acceptors (Lipinski definition) is 2. The fraction of sp³-hybridized carbons (Fsp3) is 0.250. The second-order valence-electron chi connectivity index (χ2n) is 3.79. The first-order valence-corrected chi connectivity index (χ1v) is 5.39. The monoisotopic (exact) mass is 236 g/mol. The Labute approximate surface area is 99.3 Å². The summed E-state index contributed by atoms with van der Waals surface area (Å²) in [6.45, 7) is 1.92. The van der Waals surface area contributed by atoms with Crippen molar-refractivity contribution in [2.75, 3.05) is 0 Å². The molecule has 0 aliphatic heterocycles. The molecule has 16 heavy (non-hydrogen) atoms. The second kappa shape index (κ2) is 4.28. The Bertz CT molecular complexity index is 507. The van der Waals surface area contributed by atoms with E-state index in [-0.39, 0.29) is 0 Å². The maximum atomic E-state index is 10.2. The minimum Gasteiger partial charge on any atom is -0.382 e. The zero-order valence-electron chi connectivity index (χ0n) is 9.18. The predicted molar refractivity (Wildman–Crippen MR) is 63.5 cm³/mol. The first-order valence-electron chi connectivity index (χ1n) is 5.01. The molecule has 0 aliphatic rings. The fourth-order valence-corrected chi connectivity index (χ4v) is 1.78. The molecule has 84 valence electrons. The Kier molecular flexibility index (Phi) is 2.99. The molecule has 0 bridgehead atoms. The molecule has 0 aliphatic carbocycles. The highest BCUT2D eigenvalue weighted by Gasteiger charge is 2.14. The average molecular weight is 237 g/mol. The van der Waals surface area contributed by atoms with E-state index >= 15 is 0 Å². The largest absolute Gasteiger partial charge is 0.382 e. The molecule has 0 saturated carbocycles. The number of hydrogen-bond donors (Lipinski definition) is 1. The number of aromatic nitrogens is 2. The molecule has 1 unspecified atom stereocenters. The second-order valence-corrected chi connectivity index (χ2v) is 4.20. The molecule has 3 nitrogen and oxygen atoms in total. The summed E-state index contributed by atoms with van der Waals surface area (Å²) in [5.74, 6) is 0. The summed E-state index contributed by atoms with van der Waals surface area (Å²) in [6, 6.07) is 7.31. The van der Waals surface area contributed by atoms with Crippen molar-refractivity contribution in [3.05, 3.63) is 52.3 Å². The van der Waals surface area contributed by atoms with E-state index in [1.54, 1.807) is 30.1 Å².